The van der Waals surface area contributed by atoms with Crippen molar-refractivity contribution in [2.24, 2.45) is 5.73 Å². The first kappa shape index (κ1) is 15.4. The van der Waals surface area contributed by atoms with Gasteiger partial charge in [0.1, 0.15) is 11.8 Å². The molecule has 0 aliphatic carbocycles. The number of aryl methyl sites for hydroxylation is 1. The number of nitrogens with zero attached hydrogens (tertiary/aromatic N) is 2. The number of Topliss-reactive ketones (excluding diaryl/α,β-unsaturated/α-hetero) is 1. The van der Waals surface area contributed by atoms with E-state index in [0.717, 1.165) is 12.8 Å². The van der Waals surface area contributed by atoms with Gasteiger partial charge < -0.3 is 10.5 Å². The number of carbonyl (C=O) groups excluding carboxylic acids is 2. The lowest BCUT2D eigenvalue weighted by Crippen LogP contribution is -2.34. The number of aromatic nitrogens is 2. The van der Waals surface area contributed by atoms with Gasteiger partial charge in [-0.2, -0.15) is 0 Å². The van der Waals surface area contributed by atoms with Crippen LogP contribution in [0.2, 0.25) is 0 Å². The number of fused-ring (bicyclic) bond motifs is 1. The average Bonchev–Trinajstić information content (AvgIpc) is 2.69. The maximum atomic E-state index is 12.0. The van der Waals surface area contributed by atoms with Gasteiger partial charge in [0.25, 0.3) is 0 Å². The summed E-state index contributed by atoms with van der Waals surface area (Å²) in [6, 6.07) is -1.24. The van der Waals surface area contributed by atoms with Gasteiger partial charge in [-0.3, -0.25) is 18.7 Å². The molecule has 0 aromatic carbocycles. The van der Waals surface area contributed by atoms with Crippen molar-refractivity contribution in [3.63, 3.8) is 0 Å². The standard InChI is InChI=1S/C13H19N3O5/c1-20-12(18)10(14)7-9(17)6-8-4-2-3-5-11-15-21-13(19)16(8)11/h8,10H,2-7,14H2,1H3. The summed E-state index contributed by atoms with van der Waals surface area (Å²) in [7, 11) is 1.22. The highest BCUT2D eigenvalue weighted by Gasteiger charge is 2.26. The molecule has 1 aromatic heterocycles. The number of methoxy groups -OCH3 is 1. The Labute approximate surface area is 121 Å². The Hall–Kier alpha value is -1.96. The van der Waals surface area contributed by atoms with Crippen LogP contribution in [0.1, 0.15) is 44.0 Å². The number of hydrogen-bond acceptors (Lipinski definition) is 7. The second-order valence-electron chi connectivity index (χ2n) is 5.21. The minimum atomic E-state index is -0.966. The summed E-state index contributed by atoms with van der Waals surface area (Å²) in [6.07, 6.45) is 3.21. The molecule has 2 atom stereocenters. The van der Waals surface area contributed by atoms with E-state index in [1.54, 1.807) is 0 Å². The molecule has 0 saturated heterocycles. The molecule has 8 nitrogen and oxygen atoms in total. The van der Waals surface area contributed by atoms with Crippen molar-refractivity contribution in [1.29, 1.82) is 0 Å². The van der Waals surface area contributed by atoms with Gasteiger partial charge in [0.15, 0.2) is 5.82 Å². The van der Waals surface area contributed by atoms with Crippen LogP contribution in [0.15, 0.2) is 9.32 Å². The summed E-state index contributed by atoms with van der Waals surface area (Å²) in [5.74, 6) is -0.763. The van der Waals surface area contributed by atoms with Crippen LogP contribution in [0.4, 0.5) is 0 Å². The third-order valence-electron chi connectivity index (χ3n) is 3.67. The molecule has 2 heterocycles. The van der Waals surface area contributed by atoms with Gasteiger partial charge in [-0.15, -0.1) is 0 Å². The smallest absolute Gasteiger partial charge is 0.441 e. The second-order valence-corrected chi connectivity index (χ2v) is 5.21. The second kappa shape index (κ2) is 6.66. The first-order valence-corrected chi connectivity index (χ1v) is 6.95. The molecule has 116 valence electrons. The van der Waals surface area contributed by atoms with Crippen molar-refractivity contribution >= 4 is 11.8 Å². The van der Waals surface area contributed by atoms with Crippen LogP contribution in [0.3, 0.4) is 0 Å². The molecule has 2 rings (SSSR count). The van der Waals surface area contributed by atoms with E-state index >= 15 is 0 Å². The van der Waals surface area contributed by atoms with E-state index in [4.69, 9.17) is 5.73 Å². The maximum Gasteiger partial charge on any atom is 0.441 e. The SMILES string of the molecule is COC(=O)C(N)CC(=O)CC1CCCCc2noc(=O)n21. The number of ether oxygens (including phenoxy) is 1. The van der Waals surface area contributed by atoms with E-state index in [-0.39, 0.29) is 24.7 Å². The highest BCUT2D eigenvalue weighted by atomic mass is 16.5. The van der Waals surface area contributed by atoms with Gasteiger partial charge in [0.05, 0.1) is 7.11 Å². The van der Waals surface area contributed by atoms with E-state index in [1.165, 1.54) is 11.7 Å². The van der Waals surface area contributed by atoms with Crippen molar-refractivity contribution < 1.29 is 18.8 Å². The summed E-state index contributed by atoms with van der Waals surface area (Å²) >= 11 is 0. The summed E-state index contributed by atoms with van der Waals surface area (Å²) in [6.45, 7) is 0. The number of carbonyl (C=O) groups is 2. The molecular formula is C13H19N3O5. The van der Waals surface area contributed by atoms with Gasteiger partial charge in [-0.05, 0) is 12.8 Å². The molecule has 1 aromatic rings. The number of ketones is 1. The summed E-state index contributed by atoms with van der Waals surface area (Å²) < 4.78 is 10.6. The lowest BCUT2D eigenvalue weighted by atomic mass is 10.0. The highest BCUT2D eigenvalue weighted by molar-refractivity contribution is 5.86. The van der Waals surface area contributed by atoms with Crippen molar-refractivity contribution in [2.45, 2.75) is 50.6 Å². The topological polar surface area (TPSA) is 117 Å². The molecule has 1 aliphatic rings. The largest absolute Gasteiger partial charge is 0.468 e. The Bertz CT molecular complexity index is 577. The molecule has 2 N–H and O–H groups in total. The van der Waals surface area contributed by atoms with E-state index in [1.807, 2.05) is 0 Å². The summed E-state index contributed by atoms with van der Waals surface area (Å²) in [5, 5.41) is 3.74. The molecule has 21 heavy (non-hydrogen) atoms. The van der Waals surface area contributed by atoms with Gasteiger partial charge in [0.2, 0.25) is 0 Å². The fourth-order valence-corrected chi connectivity index (χ4v) is 2.62. The predicted molar refractivity (Wildman–Crippen MR) is 71.6 cm³/mol. The first-order chi connectivity index (χ1) is 10.0. The van der Waals surface area contributed by atoms with Gasteiger partial charge in [-0.25, -0.2) is 4.79 Å². The molecule has 0 saturated carbocycles. The van der Waals surface area contributed by atoms with Crippen LogP contribution in [0.25, 0.3) is 0 Å². The quantitative estimate of drug-likeness (QED) is 0.757. The minimum Gasteiger partial charge on any atom is -0.468 e. The van der Waals surface area contributed by atoms with Crippen LogP contribution in [0.5, 0.6) is 0 Å². The Morgan fingerprint density at radius 3 is 3.00 bits per heavy atom. The molecule has 8 heteroatoms. The number of nitrogens with two attached hydrogens (primary N) is 1. The Morgan fingerprint density at radius 2 is 2.29 bits per heavy atom. The molecule has 0 bridgehead atoms. The number of esters is 1. The highest BCUT2D eigenvalue weighted by Crippen LogP contribution is 2.24. The Balaban J connectivity index is 2.05. The molecule has 0 amide bonds. The zero-order chi connectivity index (χ0) is 15.4. The normalized spacial score (nSPS) is 19.4. The van der Waals surface area contributed by atoms with Crippen LogP contribution in [-0.4, -0.2) is 34.6 Å². The van der Waals surface area contributed by atoms with E-state index in [0.29, 0.717) is 18.7 Å². The molecule has 2 unspecified atom stereocenters. The summed E-state index contributed by atoms with van der Waals surface area (Å²) in [5.41, 5.74) is 5.57. The van der Waals surface area contributed by atoms with Gasteiger partial charge >= 0.3 is 11.7 Å². The lowest BCUT2D eigenvalue weighted by Gasteiger charge is -2.16. The zero-order valence-corrected chi connectivity index (χ0v) is 11.9. The van der Waals surface area contributed by atoms with Crippen LogP contribution in [0, 0.1) is 0 Å². The maximum absolute atomic E-state index is 12.0. The Morgan fingerprint density at radius 1 is 1.52 bits per heavy atom. The van der Waals surface area contributed by atoms with Crippen molar-refractivity contribution in [1.82, 2.24) is 9.72 Å². The molecular weight excluding hydrogens is 278 g/mol. The van der Waals surface area contributed by atoms with E-state index in [2.05, 4.69) is 14.4 Å². The van der Waals surface area contributed by atoms with Gasteiger partial charge in [-0.1, -0.05) is 11.6 Å². The van der Waals surface area contributed by atoms with Crippen LogP contribution >= 0.6 is 0 Å². The van der Waals surface area contributed by atoms with Crippen molar-refractivity contribution in [2.75, 3.05) is 7.11 Å². The van der Waals surface area contributed by atoms with E-state index < -0.39 is 17.8 Å². The first-order valence-electron chi connectivity index (χ1n) is 6.95. The fourth-order valence-electron chi connectivity index (χ4n) is 2.62. The number of hydrogen-bond donors (Lipinski definition) is 1. The average molecular weight is 297 g/mol. The van der Waals surface area contributed by atoms with Crippen LogP contribution in [-0.2, 0) is 20.7 Å². The third-order valence-corrected chi connectivity index (χ3v) is 3.67. The lowest BCUT2D eigenvalue weighted by molar-refractivity contribution is -0.143. The van der Waals surface area contributed by atoms with Crippen LogP contribution < -0.4 is 11.5 Å². The predicted octanol–water partition coefficient (Wildman–Crippen LogP) is -0.0466. The monoisotopic (exact) mass is 297 g/mol. The molecule has 0 fully saturated rings. The van der Waals surface area contributed by atoms with Gasteiger partial charge in [0, 0.05) is 25.3 Å². The fraction of sp³-hybridized carbons (Fsp3) is 0.692. The third kappa shape index (κ3) is 3.57. The van der Waals surface area contributed by atoms with Crippen molar-refractivity contribution in [3.8, 4) is 0 Å². The van der Waals surface area contributed by atoms with Crippen molar-refractivity contribution in [3.05, 3.63) is 16.4 Å². The summed E-state index contributed by atoms with van der Waals surface area (Å²) in [4.78, 5) is 35.0. The zero-order valence-electron chi connectivity index (χ0n) is 11.9. The molecule has 0 spiro atoms. The number of rotatable bonds is 5. The Kier molecular flexibility index (Phi) is 4.89. The molecule has 0 radical (unpaired) electrons. The minimum absolute atomic E-state index is 0.0987. The van der Waals surface area contributed by atoms with E-state index in [9.17, 15) is 14.4 Å². The molecule has 1 aliphatic heterocycles.